The van der Waals surface area contributed by atoms with Gasteiger partial charge < -0.3 is 10.1 Å². The first-order valence-electron chi connectivity index (χ1n) is 8.78. The van der Waals surface area contributed by atoms with Gasteiger partial charge in [-0.25, -0.2) is 12.8 Å². The predicted molar refractivity (Wildman–Crippen MR) is 109 cm³/mol. The minimum atomic E-state index is -3.90. The standard InChI is InChI=1S/C21H19FN2O5S/c1-24(28-2)30(26,27)18-10-5-7-15(13-18)21(25)23-19-11-3-4-12-20(19)29-17-9-6-8-16(22)14-17/h3-14H,1-2H3,(H,23,25). The molecule has 1 N–H and O–H groups in total. The molecule has 9 heteroatoms. The zero-order valence-electron chi connectivity index (χ0n) is 16.2. The van der Waals surface area contributed by atoms with Gasteiger partial charge in [-0.05, 0) is 42.5 Å². The van der Waals surface area contributed by atoms with Crippen LogP contribution in [0.2, 0.25) is 0 Å². The van der Waals surface area contributed by atoms with Crippen LogP contribution in [-0.4, -0.2) is 33.0 Å². The van der Waals surface area contributed by atoms with Crippen molar-refractivity contribution >= 4 is 21.6 Å². The topological polar surface area (TPSA) is 84.9 Å². The predicted octanol–water partition coefficient (Wildman–Crippen LogP) is 4.05. The number of ether oxygens (including phenoxy) is 1. The summed E-state index contributed by atoms with van der Waals surface area (Å²) in [5.41, 5.74) is 0.468. The van der Waals surface area contributed by atoms with Gasteiger partial charge in [-0.15, -0.1) is 0 Å². The molecule has 0 aliphatic rings. The van der Waals surface area contributed by atoms with E-state index in [1.165, 1.54) is 56.6 Å². The lowest BCUT2D eigenvalue weighted by atomic mass is 10.2. The van der Waals surface area contributed by atoms with Crippen LogP contribution < -0.4 is 10.1 Å². The number of amides is 1. The number of rotatable bonds is 7. The quantitative estimate of drug-likeness (QED) is 0.572. The maximum absolute atomic E-state index is 13.4. The van der Waals surface area contributed by atoms with Gasteiger partial charge in [-0.1, -0.05) is 28.7 Å². The molecule has 0 aliphatic heterocycles. The second-order valence-electron chi connectivity index (χ2n) is 6.13. The molecule has 0 bridgehead atoms. The van der Waals surface area contributed by atoms with Gasteiger partial charge in [-0.3, -0.25) is 9.63 Å². The van der Waals surface area contributed by atoms with Crippen molar-refractivity contribution in [3.8, 4) is 11.5 Å². The Morgan fingerprint density at radius 3 is 2.47 bits per heavy atom. The number of carbonyl (C=O) groups excluding carboxylic acids is 1. The lowest BCUT2D eigenvalue weighted by Crippen LogP contribution is -2.26. The summed E-state index contributed by atoms with van der Waals surface area (Å²) < 4.78 is 44.6. The molecule has 3 aromatic carbocycles. The van der Waals surface area contributed by atoms with Gasteiger partial charge in [-0.2, -0.15) is 0 Å². The van der Waals surface area contributed by atoms with Gasteiger partial charge >= 0.3 is 0 Å². The Bertz CT molecular complexity index is 1170. The molecule has 1 amide bonds. The van der Waals surface area contributed by atoms with Crippen molar-refractivity contribution in [3.05, 3.63) is 84.2 Å². The Labute approximate surface area is 173 Å². The molecule has 156 valence electrons. The normalized spacial score (nSPS) is 11.3. The maximum atomic E-state index is 13.4. The number of sulfonamides is 1. The molecule has 0 aromatic heterocycles. The van der Waals surface area contributed by atoms with Crippen LogP contribution in [0.4, 0.5) is 10.1 Å². The van der Waals surface area contributed by atoms with E-state index in [0.29, 0.717) is 15.9 Å². The van der Waals surface area contributed by atoms with E-state index in [4.69, 9.17) is 9.57 Å². The molecule has 0 fully saturated rings. The Hall–Kier alpha value is -3.27. The van der Waals surface area contributed by atoms with Gasteiger partial charge in [0.1, 0.15) is 11.6 Å². The van der Waals surface area contributed by atoms with Gasteiger partial charge in [0, 0.05) is 18.7 Å². The Morgan fingerprint density at radius 1 is 1.00 bits per heavy atom. The molecule has 0 atom stereocenters. The largest absolute Gasteiger partial charge is 0.455 e. The molecule has 0 aliphatic carbocycles. The third kappa shape index (κ3) is 4.82. The van der Waals surface area contributed by atoms with E-state index < -0.39 is 21.7 Å². The summed E-state index contributed by atoms with van der Waals surface area (Å²) in [4.78, 5) is 17.4. The average Bonchev–Trinajstić information content (AvgIpc) is 2.74. The van der Waals surface area contributed by atoms with Crippen molar-refractivity contribution in [1.82, 2.24) is 4.47 Å². The smallest absolute Gasteiger partial charge is 0.264 e. The highest BCUT2D eigenvalue weighted by Crippen LogP contribution is 2.30. The minimum Gasteiger partial charge on any atom is -0.455 e. The first kappa shape index (κ1) is 21.4. The number of hydrogen-bond donors (Lipinski definition) is 1. The zero-order valence-corrected chi connectivity index (χ0v) is 17.0. The second kappa shape index (κ2) is 9.04. The van der Waals surface area contributed by atoms with Crippen LogP contribution in [0.3, 0.4) is 0 Å². The molecule has 0 unspecified atom stereocenters. The number of para-hydroxylation sites is 2. The molecule has 3 rings (SSSR count). The van der Waals surface area contributed by atoms with E-state index in [-0.39, 0.29) is 16.2 Å². The van der Waals surface area contributed by atoms with Crippen LogP contribution in [0.25, 0.3) is 0 Å². The molecular weight excluding hydrogens is 411 g/mol. The van der Waals surface area contributed by atoms with E-state index in [9.17, 15) is 17.6 Å². The van der Waals surface area contributed by atoms with Gasteiger partial charge in [0.25, 0.3) is 15.9 Å². The molecule has 0 saturated heterocycles. The third-order valence-electron chi connectivity index (χ3n) is 4.15. The second-order valence-corrected chi connectivity index (χ2v) is 8.07. The summed E-state index contributed by atoms with van der Waals surface area (Å²) in [6.45, 7) is 0. The lowest BCUT2D eigenvalue weighted by Gasteiger charge is -2.15. The summed E-state index contributed by atoms with van der Waals surface area (Å²) in [6, 6.07) is 17.8. The van der Waals surface area contributed by atoms with Crippen molar-refractivity contribution in [3.63, 3.8) is 0 Å². The molecule has 7 nitrogen and oxygen atoms in total. The number of hydrogen-bond acceptors (Lipinski definition) is 5. The summed E-state index contributed by atoms with van der Waals surface area (Å²) in [6.07, 6.45) is 0. The highest BCUT2D eigenvalue weighted by Gasteiger charge is 2.22. The zero-order chi connectivity index (χ0) is 21.7. The molecular formula is C21H19FN2O5S. The van der Waals surface area contributed by atoms with Crippen LogP contribution in [0.1, 0.15) is 10.4 Å². The van der Waals surface area contributed by atoms with Crippen LogP contribution in [0.5, 0.6) is 11.5 Å². The number of anilines is 1. The first-order chi connectivity index (χ1) is 14.3. The fourth-order valence-corrected chi connectivity index (χ4v) is 3.57. The van der Waals surface area contributed by atoms with E-state index >= 15 is 0 Å². The highest BCUT2D eigenvalue weighted by atomic mass is 32.2. The average molecular weight is 430 g/mol. The number of nitrogens with zero attached hydrogens (tertiary/aromatic N) is 1. The number of nitrogens with one attached hydrogen (secondary N) is 1. The highest BCUT2D eigenvalue weighted by molar-refractivity contribution is 7.89. The van der Waals surface area contributed by atoms with Gasteiger partial charge in [0.05, 0.1) is 17.7 Å². The molecule has 0 radical (unpaired) electrons. The summed E-state index contributed by atoms with van der Waals surface area (Å²) in [5.74, 6) is -0.415. The van der Waals surface area contributed by atoms with Crippen LogP contribution in [0, 0.1) is 5.82 Å². The monoisotopic (exact) mass is 430 g/mol. The number of hydroxylamine groups is 1. The number of carbonyl (C=O) groups is 1. The van der Waals surface area contributed by atoms with Crippen LogP contribution in [-0.2, 0) is 14.9 Å². The summed E-state index contributed by atoms with van der Waals surface area (Å²) in [7, 11) is -1.42. The summed E-state index contributed by atoms with van der Waals surface area (Å²) >= 11 is 0. The molecule has 0 spiro atoms. The van der Waals surface area contributed by atoms with E-state index in [0.717, 1.165) is 0 Å². The van der Waals surface area contributed by atoms with E-state index in [2.05, 4.69) is 5.32 Å². The number of benzene rings is 3. The third-order valence-corrected chi connectivity index (χ3v) is 5.82. The summed E-state index contributed by atoms with van der Waals surface area (Å²) in [5, 5.41) is 2.69. The number of halogens is 1. The Kier molecular flexibility index (Phi) is 6.46. The van der Waals surface area contributed by atoms with Crippen LogP contribution in [0.15, 0.2) is 77.7 Å². The van der Waals surface area contributed by atoms with Gasteiger partial charge in [0.15, 0.2) is 5.75 Å². The minimum absolute atomic E-state index is 0.0937. The first-order valence-corrected chi connectivity index (χ1v) is 10.2. The van der Waals surface area contributed by atoms with Crippen molar-refractivity contribution in [2.75, 3.05) is 19.5 Å². The Balaban J connectivity index is 1.85. The SMILES string of the molecule is CON(C)S(=O)(=O)c1cccc(C(=O)Nc2ccccc2Oc2cccc(F)c2)c1. The maximum Gasteiger partial charge on any atom is 0.264 e. The van der Waals surface area contributed by atoms with E-state index in [1.807, 2.05) is 0 Å². The molecule has 3 aromatic rings. The van der Waals surface area contributed by atoms with E-state index in [1.54, 1.807) is 30.3 Å². The van der Waals surface area contributed by atoms with Crippen molar-refractivity contribution in [1.29, 1.82) is 0 Å². The molecule has 0 heterocycles. The van der Waals surface area contributed by atoms with Gasteiger partial charge in [0.2, 0.25) is 0 Å². The fourth-order valence-electron chi connectivity index (χ4n) is 2.56. The fraction of sp³-hybridized carbons (Fsp3) is 0.0952. The van der Waals surface area contributed by atoms with Crippen molar-refractivity contribution < 1.29 is 27.2 Å². The van der Waals surface area contributed by atoms with Crippen molar-refractivity contribution in [2.45, 2.75) is 4.90 Å². The lowest BCUT2D eigenvalue weighted by molar-refractivity contribution is -0.0258. The van der Waals surface area contributed by atoms with Crippen molar-refractivity contribution in [2.24, 2.45) is 0 Å². The Morgan fingerprint density at radius 2 is 1.73 bits per heavy atom. The molecule has 30 heavy (non-hydrogen) atoms. The molecule has 0 saturated carbocycles. The van der Waals surface area contributed by atoms with Crippen LogP contribution >= 0.6 is 0 Å².